The molecule has 0 saturated heterocycles. The second kappa shape index (κ2) is 5.68. The van der Waals surface area contributed by atoms with Gasteiger partial charge in [0.25, 0.3) is 5.91 Å². The molecule has 0 bridgehead atoms. The predicted molar refractivity (Wildman–Crippen MR) is 77.7 cm³/mol. The van der Waals surface area contributed by atoms with E-state index in [4.69, 9.17) is 5.26 Å². The molecule has 1 radical (unpaired) electrons. The molecule has 19 heavy (non-hydrogen) atoms. The number of hydrogen-bond donors (Lipinski definition) is 1. The summed E-state index contributed by atoms with van der Waals surface area (Å²) in [7, 11) is 0. The van der Waals surface area contributed by atoms with Gasteiger partial charge in [0, 0.05) is 10.0 Å². The van der Waals surface area contributed by atoms with Crippen LogP contribution in [0.2, 0.25) is 0 Å². The maximum atomic E-state index is 12.0. The highest BCUT2D eigenvalue weighted by molar-refractivity contribution is 9.10. The number of nitrogens with zero attached hydrogens (tertiary/aromatic N) is 1. The topological polar surface area (TPSA) is 52.9 Å². The summed E-state index contributed by atoms with van der Waals surface area (Å²) in [4.78, 5) is 12.0. The first-order valence-corrected chi connectivity index (χ1v) is 6.32. The van der Waals surface area contributed by atoms with Crippen LogP contribution in [0, 0.1) is 18.3 Å². The summed E-state index contributed by atoms with van der Waals surface area (Å²) < 4.78 is 0.795. The summed E-state index contributed by atoms with van der Waals surface area (Å²) in [6.07, 6.45) is 0. The molecule has 1 amide bonds. The van der Waals surface area contributed by atoms with Crippen molar-refractivity contribution in [2.24, 2.45) is 0 Å². The van der Waals surface area contributed by atoms with Crippen molar-refractivity contribution in [1.82, 2.24) is 0 Å². The van der Waals surface area contributed by atoms with Crippen LogP contribution in [0.1, 0.15) is 21.5 Å². The lowest BCUT2D eigenvalue weighted by atomic mass is 10.1. The smallest absolute Gasteiger partial charge is 0.255 e. The molecule has 0 unspecified atom stereocenters. The highest BCUT2D eigenvalue weighted by Crippen LogP contribution is 2.21. The van der Waals surface area contributed by atoms with Gasteiger partial charge in [-0.2, -0.15) is 5.26 Å². The van der Waals surface area contributed by atoms with Crippen molar-refractivity contribution < 1.29 is 4.79 Å². The summed E-state index contributed by atoms with van der Waals surface area (Å²) in [5.74, 6) is -0.251. The maximum absolute atomic E-state index is 12.0. The Hall–Kier alpha value is -2.12. The number of anilines is 1. The van der Waals surface area contributed by atoms with Crippen molar-refractivity contribution in [2.75, 3.05) is 5.32 Å². The molecule has 0 fully saturated rings. The molecule has 0 atom stereocenters. The van der Waals surface area contributed by atoms with Crippen LogP contribution in [0.3, 0.4) is 0 Å². The van der Waals surface area contributed by atoms with E-state index in [2.05, 4.69) is 28.2 Å². The Labute approximate surface area is 120 Å². The SMILES string of the molecule is [CH2]c1ccc(C(=O)Nc2ccc(Br)cc2C#N)cc1. The highest BCUT2D eigenvalue weighted by atomic mass is 79.9. The summed E-state index contributed by atoms with van der Waals surface area (Å²) in [5, 5.41) is 11.8. The first-order valence-electron chi connectivity index (χ1n) is 5.53. The van der Waals surface area contributed by atoms with Gasteiger partial charge in [-0.05, 0) is 42.8 Å². The number of nitrogens with one attached hydrogen (secondary N) is 1. The lowest BCUT2D eigenvalue weighted by molar-refractivity contribution is 0.102. The Kier molecular flexibility index (Phi) is 3.98. The van der Waals surface area contributed by atoms with E-state index in [1.807, 2.05) is 6.07 Å². The van der Waals surface area contributed by atoms with E-state index in [1.165, 1.54) is 0 Å². The molecule has 2 aromatic rings. The Bertz CT molecular complexity index is 657. The molecule has 1 N–H and O–H groups in total. The third-order valence-electron chi connectivity index (χ3n) is 2.57. The quantitative estimate of drug-likeness (QED) is 0.917. The van der Waals surface area contributed by atoms with Crippen LogP contribution in [-0.4, -0.2) is 5.91 Å². The molecule has 0 aliphatic rings. The third-order valence-corrected chi connectivity index (χ3v) is 3.06. The van der Waals surface area contributed by atoms with Crippen molar-refractivity contribution >= 4 is 27.5 Å². The number of hydrogen-bond acceptors (Lipinski definition) is 2. The first-order chi connectivity index (χ1) is 9.10. The Morgan fingerprint density at radius 3 is 2.53 bits per heavy atom. The normalized spacial score (nSPS) is 9.74. The molecule has 0 aliphatic carbocycles. The van der Waals surface area contributed by atoms with Crippen molar-refractivity contribution in [3.63, 3.8) is 0 Å². The van der Waals surface area contributed by atoms with Crippen LogP contribution in [0.4, 0.5) is 5.69 Å². The fourth-order valence-corrected chi connectivity index (χ4v) is 1.93. The zero-order valence-electron chi connectivity index (χ0n) is 9.98. The molecule has 2 aromatic carbocycles. The standard InChI is InChI=1S/C15H10BrN2O/c1-10-2-4-11(5-3-10)15(19)18-14-7-6-13(16)8-12(14)9-17/h2-8H,1H2,(H,18,19). The third kappa shape index (κ3) is 3.21. The average molecular weight is 314 g/mol. The van der Waals surface area contributed by atoms with E-state index >= 15 is 0 Å². The zero-order chi connectivity index (χ0) is 13.8. The second-order valence-electron chi connectivity index (χ2n) is 3.95. The number of carbonyl (C=O) groups is 1. The summed E-state index contributed by atoms with van der Waals surface area (Å²) in [6.45, 7) is 3.76. The average Bonchev–Trinajstić information content (AvgIpc) is 2.41. The van der Waals surface area contributed by atoms with Crippen LogP contribution in [-0.2, 0) is 0 Å². The lowest BCUT2D eigenvalue weighted by Gasteiger charge is -2.07. The Morgan fingerprint density at radius 2 is 1.89 bits per heavy atom. The second-order valence-corrected chi connectivity index (χ2v) is 4.87. The molecule has 0 saturated carbocycles. The fraction of sp³-hybridized carbons (Fsp3) is 0. The molecule has 3 nitrogen and oxygen atoms in total. The van der Waals surface area contributed by atoms with Crippen molar-refractivity contribution in [3.05, 3.63) is 70.6 Å². The van der Waals surface area contributed by atoms with Gasteiger partial charge >= 0.3 is 0 Å². The van der Waals surface area contributed by atoms with E-state index in [0.29, 0.717) is 16.8 Å². The van der Waals surface area contributed by atoms with E-state index in [-0.39, 0.29) is 5.91 Å². The van der Waals surface area contributed by atoms with E-state index in [9.17, 15) is 4.79 Å². The molecule has 0 spiro atoms. The zero-order valence-corrected chi connectivity index (χ0v) is 11.6. The fourth-order valence-electron chi connectivity index (χ4n) is 1.57. The highest BCUT2D eigenvalue weighted by Gasteiger charge is 2.09. The van der Waals surface area contributed by atoms with Gasteiger partial charge in [0.2, 0.25) is 0 Å². The molecule has 0 aromatic heterocycles. The van der Waals surface area contributed by atoms with Crippen molar-refractivity contribution in [3.8, 4) is 6.07 Å². The van der Waals surface area contributed by atoms with Crippen molar-refractivity contribution in [1.29, 1.82) is 5.26 Å². The van der Waals surface area contributed by atoms with Gasteiger partial charge in [-0.1, -0.05) is 28.1 Å². The molecule has 0 heterocycles. The van der Waals surface area contributed by atoms with Gasteiger partial charge in [-0.15, -0.1) is 0 Å². The van der Waals surface area contributed by atoms with Crippen LogP contribution in [0.5, 0.6) is 0 Å². The number of nitriles is 1. The molecule has 2 rings (SSSR count). The predicted octanol–water partition coefficient (Wildman–Crippen LogP) is 3.76. The van der Waals surface area contributed by atoms with Gasteiger partial charge in [0.05, 0.1) is 11.3 Å². The largest absolute Gasteiger partial charge is 0.321 e. The van der Waals surface area contributed by atoms with Gasteiger partial charge in [0.1, 0.15) is 6.07 Å². The molecule has 93 valence electrons. The molecule has 4 heteroatoms. The Morgan fingerprint density at radius 1 is 1.21 bits per heavy atom. The number of rotatable bonds is 2. The van der Waals surface area contributed by atoms with Gasteiger partial charge in [0.15, 0.2) is 0 Å². The van der Waals surface area contributed by atoms with Gasteiger partial charge < -0.3 is 5.32 Å². The maximum Gasteiger partial charge on any atom is 0.255 e. The van der Waals surface area contributed by atoms with Gasteiger partial charge in [-0.3, -0.25) is 4.79 Å². The first kappa shape index (κ1) is 13.3. The molecular weight excluding hydrogens is 304 g/mol. The number of carbonyl (C=O) groups excluding carboxylic acids is 1. The minimum Gasteiger partial charge on any atom is -0.321 e. The minimum atomic E-state index is -0.251. The van der Waals surface area contributed by atoms with E-state index in [1.54, 1.807) is 42.5 Å². The van der Waals surface area contributed by atoms with Crippen LogP contribution in [0.15, 0.2) is 46.9 Å². The number of amides is 1. The summed E-state index contributed by atoms with van der Waals surface area (Å²) in [5.41, 5.74) is 2.28. The molecular formula is C15H10BrN2O. The number of halogens is 1. The Balaban J connectivity index is 2.24. The van der Waals surface area contributed by atoms with E-state index < -0.39 is 0 Å². The van der Waals surface area contributed by atoms with Crippen molar-refractivity contribution in [2.45, 2.75) is 0 Å². The van der Waals surface area contributed by atoms with Crippen LogP contribution >= 0.6 is 15.9 Å². The number of benzene rings is 2. The monoisotopic (exact) mass is 313 g/mol. The molecule has 0 aliphatic heterocycles. The van der Waals surface area contributed by atoms with Crippen LogP contribution < -0.4 is 5.32 Å². The summed E-state index contributed by atoms with van der Waals surface area (Å²) >= 11 is 3.29. The van der Waals surface area contributed by atoms with E-state index in [0.717, 1.165) is 10.0 Å². The van der Waals surface area contributed by atoms with Gasteiger partial charge in [-0.25, -0.2) is 0 Å². The lowest BCUT2D eigenvalue weighted by Crippen LogP contribution is -2.12. The summed E-state index contributed by atoms with van der Waals surface area (Å²) in [6, 6.07) is 14.1. The van der Waals surface area contributed by atoms with Crippen LogP contribution in [0.25, 0.3) is 0 Å². The minimum absolute atomic E-state index is 0.251.